The van der Waals surface area contributed by atoms with Gasteiger partial charge in [-0.1, -0.05) is 0 Å². The maximum absolute atomic E-state index is 11.2. The molecule has 0 aliphatic carbocycles. The van der Waals surface area contributed by atoms with Gasteiger partial charge in [-0.2, -0.15) is 0 Å². The van der Waals surface area contributed by atoms with Crippen molar-refractivity contribution in [1.82, 2.24) is 5.32 Å². The third-order valence-corrected chi connectivity index (χ3v) is 5.33. The Morgan fingerprint density at radius 3 is 2.79 bits per heavy atom. The number of ether oxygens (including phenoxy) is 3. The highest BCUT2D eigenvalue weighted by Gasteiger charge is 2.65. The van der Waals surface area contributed by atoms with Crippen LogP contribution in [0.4, 0.5) is 10.5 Å². The smallest absolute Gasteiger partial charge is 0.404 e. The lowest BCUT2D eigenvalue weighted by Gasteiger charge is -2.48. The number of carbonyl (C=O) groups excluding carboxylic acids is 1. The van der Waals surface area contributed by atoms with Crippen LogP contribution in [0.2, 0.25) is 0 Å². The van der Waals surface area contributed by atoms with Gasteiger partial charge in [0, 0.05) is 30.4 Å². The molecule has 3 aliphatic rings. The topological polar surface area (TPSA) is 146 Å². The summed E-state index contributed by atoms with van der Waals surface area (Å²) in [6.07, 6.45) is -1.61. The fraction of sp³-hybridized carbons (Fsp3) is 0.611. The molecule has 3 aliphatic heterocycles. The number of anilines is 1. The lowest BCUT2D eigenvalue weighted by Crippen LogP contribution is -2.59. The van der Waals surface area contributed by atoms with Crippen LogP contribution in [0.3, 0.4) is 0 Å². The van der Waals surface area contributed by atoms with Gasteiger partial charge in [0.1, 0.15) is 12.4 Å². The van der Waals surface area contributed by atoms with Gasteiger partial charge in [-0.25, -0.2) is 14.7 Å². The highest BCUT2D eigenvalue weighted by atomic mass is 16.8. The Hall–Kier alpha value is -2.11. The molecule has 1 amide bonds. The average molecular weight is 395 g/mol. The molecular weight excluding hydrogens is 370 g/mol. The number of carbonyl (C=O) groups is 1. The molecule has 5 N–H and O–H groups in total. The van der Waals surface area contributed by atoms with Crippen LogP contribution in [0.5, 0.6) is 5.75 Å². The van der Waals surface area contributed by atoms with Gasteiger partial charge in [0.05, 0.1) is 24.2 Å². The largest absolute Gasteiger partial charge is 0.508 e. The molecule has 4 unspecified atom stereocenters. The van der Waals surface area contributed by atoms with E-state index in [0.717, 1.165) is 0 Å². The highest BCUT2D eigenvalue weighted by Crippen LogP contribution is 2.53. The number of hydrogen-bond donors (Lipinski definition) is 4. The van der Waals surface area contributed by atoms with Crippen molar-refractivity contribution in [3.8, 4) is 5.75 Å². The van der Waals surface area contributed by atoms with Crippen molar-refractivity contribution in [2.75, 3.05) is 31.4 Å². The van der Waals surface area contributed by atoms with Crippen LogP contribution < -0.4 is 16.1 Å². The minimum atomic E-state index is -1.66. The van der Waals surface area contributed by atoms with Crippen molar-refractivity contribution in [3.05, 3.63) is 23.3 Å². The summed E-state index contributed by atoms with van der Waals surface area (Å²) in [5, 5.41) is 26.7. The van der Waals surface area contributed by atoms with Gasteiger partial charge < -0.3 is 35.5 Å². The molecule has 154 valence electrons. The molecule has 0 spiro atoms. The number of amides is 1. The summed E-state index contributed by atoms with van der Waals surface area (Å²) in [4.78, 5) is 17.0. The van der Waals surface area contributed by atoms with E-state index in [2.05, 4.69) is 5.32 Å². The van der Waals surface area contributed by atoms with Crippen molar-refractivity contribution in [2.45, 2.75) is 43.9 Å². The molecule has 4 atom stereocenters. The number of aliphatic hydroxyl groups is 1. The van der Waals surface area contributed by atoms with Crippen LogP contribution in [0.1, 0.15) is 37.2 Å². The van der Waals surface area contributed by atoms with Crippen LogP contribution in [-0.4, -0.2) is 60.5 Å². The van der Waals surface area contributed by atoms with Gasteiger partial charge in [0.2, 0.25) is 5.79 Å². The van der Waals surface area contributed by atoms with Crippen molar-refractivity contribution in [3.63, 3.8) is 0 Å². The number of fused-ring (bicyclic) bond motifs is 6. The SMILES string of the molecule is CCOC(OCC)c1cc(O)c2c(c1)N1CC3NC3C(O)(O1)C2COC(N)=O. The first-order valence-corrected chi connectivity index (χ1v) is 9.36. The Balaban J connectivity index is 1.77. The molecular formula is C18H25N3O7. The van der Waals surface area contributed by atoms with Crippen molar-refractivity contribution < 1.29 is 34.1 Å². The molecule has 3 heterocycles. The fourth-order valence-corrected chi connectivity index (χ4v) is 4.08. The van der Waals surface area contributed by atoms with Gasteiger partial charge in [0.25, 0.3) is 0 Å². The Bertz CT molecular complexity index is 770. The number of nitrogens with one attached hydrogen (secondary N) is 1. The van der Waals surface area contributed by atoms with E-state index in [1.807, 2.05) is 13.8 Å². The second kappa shape index (κ2) is 7.05. The minimum Gasteiger partial charge on any atom is -0.508 e. The third-order valence-electron chi connectivity index (χ3n) is 5.33. The normalized spacial score (nSPS) is 30.0. The zero-order valence-electron chi connectivity index (χ0n) is 15.8. The number of aromatic hydroxyl groups is 1. The minimum absolute atomic E-state index is 0.0309. The van der Waals surface area contributed by atoms with E-state index in [1.165, 1.54) is 6.07 Å². The van der Waals surface area contributed by atoms with E-state index in [1.54, 1.807) is 11.1 Å². The maximum atomic E-state index is 11.2. The standard InChI is InChI=1S/C18H25N3O7/c1-3-25-16(26-4-2)9-5-12-14(13(22)6-9)10(8-27-17(19)23)18(24)15-11(20-15)7-21(12)28-18/h5-6,10-11,15-16,20,22,24H,3-4,7-8H2,1-2H3,(H2,19,23). The number of nitrogens with two attached hydrogens (primary N) is 1. The van der Waals surface area contributed by atoms with Crippen LogP contribution >= 0.6 is 0 Å². The highest BCUT2D eigenvalue weighted by molar-refractivity contribution is 5.67. The Morgan fingerprint density at radius 1 is 1.43 bits per heavy atom. The number of primary amides is 1. The van der Waals surface area contributed by atoms with Gasteiger partial charge >= 0.3 is 6.09 Å². The first-order chi connectivity index (χ1) is 13.4. The van der Waals surface area contributed by atoms with Gasteiger partial charge in [-0.3, -0.25) is 0 Å². The molecule has 2 bridgehead atoms. The average Bonchev–Trinajstić information content (AvgIpc) is 3.42. The van der Waals surface area contributed by atoms with E-state index in [9.17, 15) is 15.0 Å². The maximum Gasteiger partial charge on any atom is 0.404 e. The van der Waals surface area contributed by atoms with Crippen LogP contribution in [-0.2, 0) is 19.0 Å². The number of nitrogens with zero attached hydrogens (tertiary/aromatic N) is 1. The summed E-state index contributed by atoms with van der Waals surface area (Å²) in [5.74, 6) is -2.55. The molecule has 10 nitrogen and oxygen atoms in total. The molecule has 0 aromatic heterocycles. The molecule has 1 aromatic carbocycles. The van der Waals surface area contributed by atoms with Crippen LogP contribution in [0, 0.1) is 0 Å². The summed E-state index contributed by atoms with van der Waals surface area (Å²) in [7, 11) is 0. The van der Waals surface area contributed by atoms with E-state index < -0.39 is 24.1 Å². The third kappa shape index (κ3) is 3.07. The van der Waals surface area contributed by atoms with E-state index in [4.69, 9.17) is 24.8 Å². The molecule has 10 heteroatoms. The van der Waals surface area contributed by atoms with E-state index in [-0.39, 0.29) is 24.4 Å². The summed E-state index contributed by atoms with van der Waals surface area (Å²) >= 11 is 0. The quantitative estimate of drug-likeness (QED) is 0.381. The molecule has 4 rings (SSSR count). The summed E-state index contributed by atoms with van der Waals surface area (Å²) < 4.78 is 16.2. The zero-order chi connectivity index (χ0) is 20.1. The Morgan fingerprint density at radius 2 is 2.14 bits per heavy atom. The molecule has 0 saturated carbocycles. The van der Waals surface area contributed by atoms with E-state index >= 15 is 0 Å². The molecule has 28 heavy (non-hydrogen) atoms. The first-order valence-electron chi connectivity index (χ1n) is 9.36. The number of rotatable bonds is 7. The van der Waals surface area contributed by atoms with Gasteiger partial charge in [-0.05, 0) is 26.0 Å². The van der Waals surface area contributed by atoms with Crippen LogP contribution in [0.15, 0.2) is 12.1 Å². The predicted molar refractivity (Wildman–Crippen MR) is 96.5 cm³/mol. The number of hydrogen-bond acceptors (Lipinski definition) is 9. The molecule has 2 fully saturated rings. The Labute approximate surface area is 162 Å². The first kappa shape index (κ1) is 19.2. The summed E-state index contributed by atoms with van der Waals surface area (Å²) in [6, 6.07) is 3.04. The second-order valence-corrected chi connectivity index (χ2v) is 7.05. The van der Waals surface area contributed by atoms with Crippen LogP contribution in [0.25, 0.3) is 0 Å². The predicted octanol–water partition coefficient (Wildman–Crippen LogP) is 0.437. The van der Waals surface area contributed by atoms with Gasteiger partial charge in [0.15, 0.2) is 6.29 Å². The molecule has 2 saturated heterocycles. The van der Waals surface area contributed by atoms with Crippen molar-refractivity contribution >= 4 is 11.8 Å². The number of hydroxylamine groups is 1. The number of benzene rings is 1. The lowest BCUT2D eigenvalue weighted by atomic mass is 9.82. The molecule has 0 radical (unpaired) electrons. The monoisotopic (exact) mass is 395 g/mol. The molecule has 1 aromatic rings. The number of phenolic OH excluding ortho intramolecular Hbond substituents is 1. The zero-order valence-corrected chi connectivity index (χ0v) is 15.8. The Kier molecular flexibility index (Phi) is 4.84. The summed E-state index contributed by atoms with van der Waals surface area (Å²) in [5.41, 5.74) is 6.72. The fourth-order valence-electron chi connectivity index (χ4n) is 4.08. The van der Waals surface area contributed by atoms with E-state index in [0.29, 0.717) is 36.6 Å². The van der Waals surface area contributed by atoms with Crippen molar-refractivity contribution in [2.24, 2.45) is 5.73 Å². The number of phenols is 1. The van der Waals surface area contributed by atoms with Gasteiger partial charge in [-0.15, -0.1) is 0 Å². The lowest BCUT2D eigenvalue weighted by molar-refractivity contribution is -0.247. The second-order valence-electron chi connectivity index (χ2n) is 7.05. The van der Waals surface area contributed by atoms with Crippen molar-refractivity contribution in [1.29, 1.82) is 0 Å². The summed E-state index contributed by atoms with van der Waals surface area (Å²) in [6.45, 7) is 4.85.